The molecule has 0 fully saturated rings. The Morgan fingerprint density at radius 2 is 1.95 bits per heavy atom. The lowest BCUT2D eigenvalue weighted by Gasteiger charge is -1.95. The minimum absolute atomic E-state index is 0.329. The number of hydrogen-bond acceptors (Lipinski definition) is 5. The first-order chi connectivity index (χ1) is 9.78. The van der Waals surface area contributed by atoms with Gasteiger partial charge in [0.25, 0.3) is 5.89 Å². The van der Waals surface area contributed by atoms with Crippen molar-refractivity contribution >= 4 is 11.6 Å². The molecular formula is C14H7ClN4O. The van der Waals surface area contributed by atoms with Gasteiger partial charge in [0.05, 0.1) is 16.7 Å². The van der Waals surface area contributed by atoms with E-state index < -0.39 is 0 Å². The van der Waals surface area contributed by atoms with Crippen molar-refractivity contribution in [2.24, 2.45) is 0 Å². The largest absolute Gasteiger partial charge is 0.334 e. The van der Waals surface area contributed by atoms with Crippen LogP contribution in [0.1, 0.15) is 5.56 Å². The van der Waals surface area contributed by atoms with E-state index in [1.807, 2.05) is 0 Å². The second-order valence-corrected chi connectivity index (χ2v) is 4.35. The van der Waals surface area contributed by atoms with Gasteiger partial charge in [-0.3, -0.25) is 4.98 Å². The van der Waals surface area contributed by atoms with Gasteiger partial charge in [0.15, 0.2) is 0 Å². The first-order valence-corrected chi connectivity index (χ1v) is 6.11. The van der Waals surface area contributed by atoms with Crippen molar-refractivity contribution in [3.8, 4) is 29.0 Å². The summed E-state index contributed by atoms with van der Waals surface area (Å²) in [7, 11) is 0. The topological polar surface area (TPSA) is 75.6 Å². The van der Waals surface area contributed by atoms with Crippen molar-refractivity contribution < 1.29 is 4.52 Å². The third-order valence-corrected chi connectivity index (χ3v) is 2.96. The zero-order chi connectivity index (χ0) is 13.9. The molecule has 0 bridgehead atoms. The summed E-state index contributed by atoms with van der Waals surface area (Å²) in [5, 5.41) is 13.1. The zero-order valence-corrected chi connectivity index (χ0v) is 10.9. The molecule has 0 amide bonds. The Morgan fingerprint density at radius 1 is 1.15 bits per heavy atom. The molecule has 0 saturated carbocycles. The molecule has 2 heterocycles. The third-order valence-electron chi connectivity index (χ3n) is 2.66. The second-order valence-electron chi connectivity index (χ2n) is 3.95. The average Bonchev–Trinajstić information content (AvgIpc) is 2.97. The van der Waals surface area contributed by atoms with Crippen molar-refractivity contribution in [2.45, 2.75) is 0 Å². The van der Waals surface area contributed by atoms with E-state index in [9.17, 15) is 0 Å². The number of rotatable bonds is 2. The predicted octanol–water partition coefficient (Wildman–Crippen LogP) is 3.32. The summed E-state index contributed by atoms with van der Waals surface area (Å²) in [5.74, 6) is 0.682. The summed E-state index contributed by atoms with van der Waals surface area (Å²) in [6.07, 6.45) is 1.61. The summed E-state index contributed by atoms with van der Waals surface area (Å²) in [4.78, 5) is 8.38. The normalized spacial score (nSPS) is 10.2. The van der Waals surface area contributed by atoms with Crippen LogP contribution in [0.3, 0.4) is 0 Å². The molecule has 0 aliphatic heterocycles. The van der Waals surface area contributed by atoms with Crippen LogP contribution in [0.25, 0.3) is 23.0 Å². The first kappa shape index (κ1) is 12.3. The van der Waals surface area contributed by atoms with Crippen LogP contribution < -0.4 is 0 Å². The fraction of sp³-hybridized carbons (Fsp3) is 0. The highest BCUT2D eigenvalue weighted by molar-refractivity contribution is 6.32. The Hall–Kier alpha value is -2.71. The van der Waals surface area contributed by atoms with E-state index in [-0.39, 0.29) is 0 Å². The van der Waals surface area contributed by atoms with Crippen molar-refractivity contribution in [1.29, 1.82) is 5.26 Å². The highest BCUT2D eigenvalue weighted by Crippen LogP contribution is 2.25. The van der Waals surface area contributed by atoms with Crippen molar-refractivity contribution in [3.05, 3.63) is 53.2 Å². The smallest absolute Gasteiger partial charge is 0.258 e. The zero-order valence-electron chi connectivity index (χ0n) is 10.1. The third kappa shape index (κ3) is 2.25. The summed E-state index contributed by atoms with van der Waals surface area (Å²) >= 11 is 6.03. The molecule has 0 aliphatic rings. The van der Waals surface area contributed by atoms with Crippen molar-refractivity contribution in [3.63, 3.8) is 0 Å². The van der Waals surface area contributed by atoms with E-state index in [4.69, 9.17) is 21.4 Å². The van der Waals surface area contributed by atoms with Gasteiger partial charge in [-0.15, -0.1) is 0 Å². The van der Waals surface area contributed by atoms with E-state index in [0.717, 1.165) is 5.56 Å². The number of benzene rings is 1. The number of halogens is 1. The molecule has 0 radical (unpaired) electrons. The summed E-state index contributed by atoms with van der Waals surface area (Å²) in [5.41, 5.74) is 1.77. The maximum absolute atomic E-state index is 8.76. The van der Waals surface area contributed by atoms with Crippen LogP contribution in [-0.4, -0.2) is 15.1 Å². The molecule has 6 heteroatoms. The van der Waals surface area contributed by atoms with Crippen molar-refractivity contribution in [2.75, 3.05) is 0 Å². The fourth-order valence-electron chi connectivity index (χ4n) is 1.67. The average molecular weight is 283 g/mol. The Balaban J connectivity index is 1.98. The lowest BCUT2D eigenvalue weighted by molar-refractivity contribution is 0.432. The van der Waals surface area contributed by atoms with Crippen LogP contribution in [0.5, 0.6) is 0 Å². The molecule has 20 heavy (non-hydrogen) atoms. The Morgan fingerprint density at radius 3 is 2.65 bits per heavy atom. The maximum Gasteiger partial charge on any atom is 0.258 e. The molecule has 0 saturated heterocycles. The molecule has 0 spiro atoms. The van der Waals surface area contributed by atoms with Crippen LogP contribution in [0, 0.1) is 11.3 Å². The molecule has 5 nitrogen and oxygen atoms in total. The van der Waals surface area contributed by atoms with E-state index >= 15 is 0 Å². The van der Waals surface area contributed by atoms with Gasteiger partial charge in [-0.05, 0) is 36.4 Å². The van der Waals surface area contributed by atoms with E-state index in [0.29, 0.717) is 28.0 Å². The fourth-order valence-corrected chi connectivity index (χ4v) is 1.88. The van der Waals surface area contributed by atoms with E-state index in [1.54, 1.807) is 42.6 Å². The van der Waals surface area contributed by atoms with Gasteiger partial charge >= 0.3 is 0 Å². The molecule has 96 valence electrons. The molecular weight excluding hydrogens is 276 g/mol. The van der Waals surface area contributed by atoms with Crippen LogP contribution in [0.15, 0.2) is 47.1 Å². The Labute approximate surface area is 119 Å². The van der Waals surface area contributed by atoms with Gasteiger partial charge in [0.2, 0.25) is 5.82 Å². The molecule has 3 aromatic rings. The monoisotopic (exact) mass is 282 g/mol. The van der Waals surface area contributed by atoms with Crippen LogP contribution >= 0.6 is 11.6 Å². The summed E-state index contributed by atoms with van der Waals surface area (Å²) in [6.45, 7) is 0. The lowest BCUT2D eigenvalue weighted by Crippen LogP contribution is -1.86. The maximum atomic E-state index is 8.76. The highest BCUT2D eigenvalue weighted by atomic mass is 35.5. The van der Waals surface area contributed by atoms with Crippen molar-refractivity contribution in [1.82, 2.24) is 15.1 Å². The van der Waals surface area contributed by atoms with Gasteiger partial charge in [0.1, 0.15) is 5.69 Å². The SMILES string of the molecule is N#Cc1ccc(-c2nc(-c3ncccc3Cl)no2)cc1. The van der Waals surface area contributed by atoms with Gasteiger partial charge in [0, 0.05) is 11.8 Å². The van der Waals surface area contributed by atoms with Gasteiger partial charge < -0.3 is 4.52 Å². The molecule has 0 atom stereocenters. The Kier molecular flexibility index (Phi) is 3.15. The minimum Gasteiger partial charge on any atom is -0.334 e. The van der Waals surface area contributed by atoms with Crippen LogP contribution in [0.4, 0.5) is 0 Å². The number of nitrogens with zero attached hydrogens (tertiary/aromatic N) is 4. The molecule has 1 aromatic carbocycles. The van der Waals surface area contributed by atoms with Gasteiger partial charge in [-0.2, -0.15) is 10.2 Å². The molecule has 0 aliphatic carbocycles. The summed E-state index contributed by atoms with van der Waals surface area (Å²) < 4.78 is 5.19. The Bertz CT molecular complexity index is 789. The molecule has 2 aromatic heterocycles. The molecule has 0 N–H and O–H groups in total. The number of pyridine rings is 1. The lowest BCUT2D eigenvalue weighted by atomic mass is 10.1. The highest BCUT2D eigenvalue weighted by Gasteiger charge is 2.13. The van der Waals surface area contributed by atoms with Gasteiger partial charge in [-0.25, -0.2) is 0 Å². The van der Waals surface area contributed by atoms with E-state index in [2.05, 4.69) is 21.2 Å². The number of aromatic nitrogens is 3. The number of hydrogen-bond donors (Lipinski definition) is 0. The predicted molar refractivity (Wildman–Crippen MR) is 72.7 cm³/mol. The van der Waals surface area contributed by atoms with Crippen LogP contribution in [0.2, 0.25) is 5.02 Å². The number of nitriles is 1. The molecule has 0 unspecified atom stereocenters. The molecule has 3 rings (SSSR count). The second kappa shape index (κ2) is 5.11. The summed E-state index contributed by atoms with van der Waals surface area (Å²) in [6, 6.07) is 12.4. The van der Waals surface area contributed by atoms with Gasteiger partial charge in [-0.1, -0.05) is 16.8 Å². The minimum atomic E-state index is 0.329. The van der Waals surface area contributed by atoms with Crippen LogP contribution in [-0.2, 0) is 0 Å². The first-order valence-electron chi connectivity index (χ1n) is 5.73. The van der Waals surface area contributed by atoms with E-state index in [1.165, 1.54) is 0 Å². The quantitative estimate of drug-likeness (QED) is 0.720. The standard InChI is InChI=1S/C14H7ClN4O/c15-11-2-1-7-17-12(11)13-18-14(20-19-13)10-5-3-9(8-16)4-6-10/h1-7H.